The summed E-state index contributed by atoms with van der Waals surface area (Å²) in [6, 6.07) is 2.12. The number of nitrogens with one attached hydrogen (secondary N) is 1. The zero-order valence-corrected chi connectivity index (χ0v) is 10.4. The van der Waals surface area contributed by atoms with E-state index in [1.54, 1.807) is 11.9 Å². The van der Waals surface area contributed by atoms with Gasteiger partial charge in [0.2, 0.25) is 5.91 Å². The quantitative estimate of drug-likeness (QED) is 0.777. The lowest BCUT2D eigenvalue weighted by atomic mass is 9.82. The van der Waals surface area contributed by atoms with E-state index in [9.17, 15) is 4.79 Å². The molecule has 0 aromatic heterocycles. The summed E-state index contributed by atoms with van der Waals surface area (Å²) < 4.78 is 0. The topological polar surface area (TPSA) is 56.1 Å². The molecule has 0 aromatic carbocycles. The maximum atomic E-state index is 12.4. The molecule has 90 valence electrons. The molecule has 4 heteroatoms. The molecule has 2 atom stereocenters. The minimum atomic E-state index is -0.238. The van der Waals surface area contributed by atoms with Crippen LogP contribution in [0, 0.1) is 16.7 Å². The van der Waals surface area contributed by atoms with Crippen LogP contribution in [0.25, 0.3) is 0 Å². The molecular weight excluding hydrogens is 202 g/mol. The lowest BCUT2D eigenvalue weighted by molar-refractivity contribution is -0.141. The lowest BCUT2D eigenvalue weighted by Crippen LogP contribution is -2.46. The Morgan fingerprint density at radius 3 is 2.81 bits per heavy atom. The highest BCUT2D eigenvalue weighted by molar-refractivity contribution is 5.83. The molecule has 1 fully saturated rings. The zero-order valence-electron chi connectivity index (χ0n) is 10.4. The molecule has 0 aliphatic carbocycles. The third kappa shape index (κ3) is 2.35. The molecule has 0 radical (unpaired) electrons. The summed E-state index contributed by atoms with van der Waals surface area (Å²) in [5, 5.41) is 11.9. The van der Waals surface area contributed by atoms with Crippen molar-refractivity contribution < 1.29 is 4.79 Å². The normalized spacial score (nSPS) is 26.1. The van der Waals surface area contributed by atoms with Gasteiger partial charge in [-0.3, -0.25) is 4.79 Å². The average molecular weight is 223 g/mol. The van der Waals surface area contributed by atoms with E-state index in [-0.39, 0.29) is 17.4 Å². The summed E-state index contributed by atoms with van der Waals surface area (Å²) in [7, 11) is 1.81. The third-order valence-electron chi connectivity index (χ3n) is 3.74. The van der Waals surface area contributed by atoms with Crippen LogP contribution in [0.15, 0.2) is 0 Å². The van der Waals surface area contributed by atoms with Crippen LogP contribution in [-0.4, -0.2) is 37.0 Å². The second kappa shape index (κ2) is 5.31. The Labute approximate surface area is 97.6 Å². The third-order valence-corrected chi connectivity index (χ3v) is 3.74. The van der Waals surface area contributed by atoms with E-state index in [1.807, 2.05) is 6.92 Å². The number of rotatable bonds is 4. The van der Waals surface area contributed by atoms with E-state index in [4.69, 9.17) is 5.26 Å². The van der Waals surface area contributed by atoms with E-state index in [0.717, 1.165) is 25.9 Å². The summed E-state index contributed by atoms with van der Waals surface area (Å²) in [5.41, 5.74) is -0.238. The Bertz CT molecular complexity index is 289. The van der Waals surface area contributed by atoms with E-state index < -0.39 is 0 Å². The molecule has 1 rings (SSSR count). The second-order valence-corrected chi connectivity index (χ2v) is 4.69. The molecule has 1 heterocycles. The molecule has 16 heavy (non-hydrogen) atoms. The molecule has 0 saturated carbocycles. The van der Waals surface area contributed by atoms with Crippen LogP contribution in [0.1, 0.15) is 33.1 Å². The predicted octanol–water partition coefficient (Wildman–Crippen LogP) is 1.14. The Morgan fingerprint density at radius 2 is 2.38 bits per heavy atom. The van der Waals surface area contributed by atoms with Gasteiger partial charge in [0.25, 0.3) is 0 Å². The number of hydrogen-bond acceptors (Lipinski definition) is 3. The van der Waals surface area contributed by atoms with Crippen LogP contribution in [0.4, 0.5) is 0 Å². The average Bonchev–Trinajstić information content (AvgIpc) is 2.77. The molecule has 1 aliphatic heterocycles. The Morgan fingerprint density at radius 1 is 1.69 bits per heavy atom. The summed E-state index contributed by atoms with van der Waals surface area (Å²) in [6.45, 7) is 5.67. The largest absolute Gasteiger partial charge is 0.341 e. The smallest absolute Gasteiger partial charge is 0.230 e. The molecule has 4 nitrogen and oxygen atoms in total. The van der Waals surface area contributed by atoms with Crippen molar-refractivity contribution in [2.75, 3.05) is 20.1 Å². The highest BCUT2D eigenvalue weighted by Crippen LogP contribution is 2.32. The molecule has 1 aliphatic rings. The fourth-order valence-electron chi connectivity index (χ4n) is 2.22. The van der Waals surface area contributed by atoms with Crippen LogP contribution in [0.2, 0.25) is 0 Å². The predicted molar refractivity (Wildman–Crippen MR) is 62.7 cm³/mol. The van der Waals surface area contributed by atoms with Crippen LogP contribution in [0.3, 0.4) is 0 Å². The number of carbonyl (C=O) groups excluding carboxylic acids is 1. The molecule has 0 aromatic rings. The number of hydrogen-bond donors (Lipinski definition) is 1. The van der Waals surface area contributed by atoms with Gasteiger partial charge in [-0.1, -0.05) is 6.92 Å². The SMILES string of the molecule is CCC1(C(=O)N(C)C(C)CC#N)CCNC1. The van der Waals surface area contributed by atoms with Crippen molar-refractivity contribution in [3.8, 4) is 6.07 Å². The van der Waals surface area contributed by atoms with Crippen molar-refractivity contribution in [3.63, 3.8) is 0 Å². The summed E-state index contributed by atoms with van der Waals surface area (Å²) in [6.07, 6.45) is 2.17. The Balaban J connectivity index is 2.72. The van der Waals surface area contributed by atoms with E-state index in [1.165, 1.54) is 0 Å². The van der Waals surface area contributed by atoms with E-state index >= 15 is 0 Å². The minimum absolute atomic E-state index is 0.00141. The van der Waals surface area contributed by atoms with Crippen LogP contribution >= 0.6 is 0 Å². The van der Waals surface area contributed by atoms with Crippen molar-refractivity contribution in [1.82, 2.24) is 10.2 Å². The first-order valence-electron chi connectivity index (χ1n) is 5.92. The standard InChI is InChI=1S/C12H21N3O/c1-4-12(6-8-14-9-12)11(16)15(3)10(2)5-7-13/h10,14H,4-6,8-9H2,1-3H3. The van der Waals surface area contributed by atoms with Crippen LogP contribution in [0.5, 0.6) is 0 Å². The van der Waals surface area contributed by atoms with E-state index in [0.29, 0.717) is 6.42 Å². The van der Waals surface area contributed by atoms with Crippen LogP contribution < -0.4 is 5.32 Å². The van der Waals surface area contributed by atoms with Gasteiger partial charge in [-0.2, -0.15) is 5.26 Å². The second-order valence-electron chi connectivity index (χ2n) is 4.69. The number of carbonyl (C=O) groups is 1. The zero-order chi connectivity index (χ0) is 12.2. The van der Waals surface area contributed by atoms with Crippen LogP contribution in [-0.2, 0) is 4.79 Å². The first-order chi connectivity index (χ1) is 7.57. The number of nitrogens with zero attached hydrogens (tertiary/aromatic N) is 2. The molecule has 0 spiro atoms. The van der Waals surface area contributed by atoms with Gasteiger partial charge in [-0.15, -0.1) is 0 Å². The first-order valence-corrected chi connectivity index (χ1v) is 5.92. The van der Waals surface area contributed by atoms with E-state index in [2.05, 4.69) is 18.3 Å². The monoisotopic (exact) mass is 223 g/mol. The van der Waals surface area contributed by atoms with Gasteiger partial charge in [0.1, 0.15) is 0 Å². The van der Waals surface area contributed by atoms with Crippen molar-refractivity contribution in [2.45, 2.75) is 39.2 Å². The fourth-order valence-corrected chi connectivity index (χ4v) is 2.22. The number of amides is 1. The first kappa shape index (κ1) is 13.0. The molecule has 2 unspecified atom stereocenters. The van der Waals surface area contributed by atoms with Gasteiger partial charge in [-0.05, 0) is 26.3 Å². The molecule has 1 amide bonds. The van der Waals surface area contributed by atoms with Gasteiger partial charge in [0.05, 0.1) is 17.9 Å². The molecule has 0 bridgehead atoms. The van der Waals surface area contributed by atoms with Gasteiger partial charge in [-0.25, -0.2) is 0 Å². The van der Waals surface area contributed by atoms with Gasteiger partial charge in [0, 0.05) is 19.6 Å². The molecular formula is C12H21N3O. The lowest BCUT2D eigenvalue weighted by Gasteiger charge is -2.33. The summed E-state index contributed by atoms with van der Waals surface area (Å²) >= 11 is 0. The Hall–Kier alpha value is -1.08. The molecule has 1 saturated heterocycles. The highest BCUT2D eigenvalue weighted by atomic mass is 16.2. The van der Waals surface area contributed by atoms with Crippen molar-refractivity contribution in [3.05, 3.63) is 0 Å². The highest BCUT2D eigenvalue weighted by Gasteiger charge is 2.41. The van der Waals surface area contributed by atoms with Gasteiger partial charge >= 0.3 is 0 Å². The summed E-state index contributed by atoms with van der Waals surface area (Å²) in [5.74, 6) is 0.183. The Kier molecular flexibility index (Phi) is 4.31. The van der Waals surface area contributed by atoms with Gasteiger partial charge < -0.3 is 10.2 Å². The molecule has 1 N–H and O–H groups in total. The fraction of sp³-hybridized carbons (Fsp3) is 0.833. The minimum Gasteiger partial charge on any atom is -0.341 e. The number of nitriles is 1. The summed E-state index contributed by atoms with van der Waals surface area (Å²) in [4.78, 5) is 14.1. The van der Waals surface area contributed by atoms with Gasteiger partial charge in [0.15, 0.2) is 0 Å². The van der Waals surface area contributed by atoms with Crippen molar-refractivity contribution >= 4 is 5.91 Å². The maximum absolute atomic E-state index is 12.4. The maximum Gasteiger partial charge on any atom is 0.230 e. The van der Waals surface area contributed by atoms with Crippen molar-refractivity contribution in [1.29, 1.82) is 5.26 Å². The van der Waals surface area contributed by atoms with Crippen molar-refractivity contribution in [2.24, 2.45) is 5.41 Å².